The summed E-state index contributed by atoms with van der Waals surface area (Å²) in [6, 6.07) is 15.6. The van der Waals surface area contributed by atoms with Crippen LogP contribution in [0.15, 0.2) is 60.9 Å². The molecule has 0 aliphatic carbocycles. The van der Waals surface area contributed by atoms with Crippen LogP contribution in [-0.2, 0) is 11.3 Å². The van der Waals surface area contributed by atoms with E-state index >= 15 is 0 Å². The summed E-state index contributed by atoms with van der Waals surface area (Å²) in [5.41, 5.74) is 5.48. The number of nitrogens with zero attached hydrogens (tertiary/aromatic N) is 5. The third-order valence-corrected chi connectivity index (χ3v) is 6.17. The molecule has 0 spiro atoms. The average Bonchev–Trinajstić information content (AvgIpc) is 3.51. The molecule has 2 aromatic carbocycles. The van der Waals surface area contributed by atoms with Gasteiger partial charge in [-0.3, -0.25) is 10.00 Å². The topological polar surface area (TPSA) is 108 Å². The number of rotatable bonds is 6. The standard InChI is InChI=1S/C25H23ClN8O/c26-18-3-1-2-17(13-18)24-27-7-6-22(32-24)29-21-14-28-33-23(21)25-30-19-5-4-16(12-20(19)31-25)15-34-8-10-35-11-9-34/h1-7,12-14H,8-11,15H2,(H,28,33)(H,30,31)(H,27,29,32). The summed E-state index contributed by atoms with van der Waals surface area (Å²) in [6.07, 6.45) is 3.43. The average molecular weight is 487 g/mol. The number of morpholine rings is 1. The minimum Gasteiger partial charge on any atom is -0.379 e. The van der Waals surface area contributed by atoms with Crippen LogP contribution in [0, 0.1) is 0 Å². The fraction of sp³-hybridized carbons (Fsp3) is 0.200. The second-order valence-electron chi connectivity index (χ2n) is 8.38. The van der Waals surface area contributed by atoms with E-state index in [1.165, 1.54) is 5.56 Å². The van der Waals surface area contributed by atoms with Gasteiger partial charge in [-0.05, 0) is 35.9 Å². The van der Waals surface area contributed by atoms with Gasteiger partial charge in [-0.1, -0.05) is 29.8 Å². The third-order valence-electron chi connectivity index (χ3n) is 5.93. The smallest absolute Gasteiger partial charge is 0.161 e. The highest BCUT2D eigenvalue weighted by Crippen LogP contribution is 2.28. The molecule has 0 saturated carbocycles. The number of aromatic amines is 2. The maximum Gasteiger partial charge on any atom is 0.161 e. The highest BCUT2D eigenvalue weighted by Gasteiger charge is 2.15. The van der Waals surface area contributed by atoms with Crippen molar-refractivity contribution < 1.29 is 4.74 Å². The first-order valence-corrected chi connectivity index (χ1v) is 11.8. The zero-order chi connectivity index (χ0) is 23.6. The predicted molar refractivity (Wildman–Crippen MR) is 136 cm³/mol. The first-order chi connectivity index (χ1) is 17.2. The summed E-state index contributed by atoms with van der Waals surface area (Å²) >= 11 is 6.13. The van der Waals surface area contributed by atoms with E-state index in [-0.39, 0.29) is 0 Å². The molecule has 1 aliphatic heterocycles. The van der Waals surface area contributed by atoms with Crippen LogP contribution in [0.1, 0.15) is 5.56 Å². The van der Waals surface area contributed by atoms with Gasteiger partial charge in [0.05, 0.1) is 36.1 Å². The molecule has 0 bridgehead atoms. The second kappa shape index (κ2) is 9.46. The molecule has 1 aliphatic rings. The molecule has 3 N–H and O–H groups in total. The van der Waals surface area contributed by atoms with Gasteiger partial charge in [-0.2, -0.15) is 5.10 Å². The monoisotopic (exact) mass is 486 g/mol. The van der Waals surface area contributed by atoms with Gasteiger partial charge in [0.2, 0.25) is 0 Å². The van der Waals surface area contributed by atoms with Crippen molar-refractivity contribution in [2.75, 3.05) is 31.6 Å². The highest BCUT2D eigenvalue weighted by molar-refractivity contribution is 6.30. The van der Waals surface area contributed by atoms with Crippen LogP contribution in [0.3, 0.4) is 0 Å². The number of H-pyrrole nitrogens is 2. The number of benzene rings is 2. The van der Waals surface area contributed by atoms with Gasteiger partial charge in [-0.25, -0.2) is 15.0 Å². The molecule has 6 rings (SSSR count). The van der Waals surface area contributed by atoms with Crippen molar-refractivity contribution in [1.82, 2.24) is 35.0 Å². The van der Waals surface area contributed by atoms with Gasteiger partial charge in [-0.15, -0.1) is 0 Å². The summed E-state index contributed by atoms with van der Waals surface area (Å²) in [6.45, 7) is 4.39. The molecule has 0 atom stereocenters. The van der Waals surface area contributed by atoms with Gasteiger partial charge >= 0.3 is 0 Å². The Kier molecular flexibility index (Phi) is 5.87. The van der Waals surface area contributed by atoms with E-state index in [1.807, 2.05) is 24.3 Å². The first kappa shape index (κ1) is 21.7. The van der Waals surface area contributed by atoms with E-state index in [2.05, 4.69) is 53.6 Å². The number of ether oxygens (including phenoxy) is 1. The third kappa shape index (κ3) is 4.74. The lowest BCUT2D eigenvalue weighted by molar-refractivity contribution is 0.0342. The quantitative estimate of drug-likeness (QED) is 0.321. The molecule has 0 amide bonds. The minimum atomic E-state index is 0.582. The number of nitrogens with one attached hydrogen (secondary N) is 3. The Morgan fingerprint density at radius 2 is 1.97 bits per heavy atom. The summed E-state index contributed by atoms with van der Waals surface area (Å²) < 4.78 is 5.45. The summed E-state index contributed by atoms with van der Waals surface area (Å²) in [7, 11) is 0. The zero-order valence-corrected chi connectivity index (χ0v) is 19.6. The van der Waals surface area contributed by atoms with E-state index in [0.717, 1.165) is 60.8 Å². The van der Waals surface area contributed by atoms with Gasteiger partial charge in [0.25, 0.3) is 0 Å². The number of hydrogen-bond acceptors (Lipinski definition) is 7. The van der Waals surface area contributed by atoms with Crippen LogP contribution in [0.5, 0.6) is 0 Å². The highest BCUT2D eigenvalue weighted by atomic mass is 35.5. The molecule has 1 saturated heterocycles. The summed E-state index contributed by atoms with van der Waals surface area (Å²) in [5.74, 6) is 1.92. The summed E-state index contributed by atoms with van der Waals surface area (Å²) in [5, 5.41) is 11.2. The van der Waals surface area contributed by atoms with Crippen LogP contribution >= 0.6 is 11.6 Å². The SMILES string of the molecule is Clc1cccc(-c2nccc(Nc3cn[nH]c3-c3nc4ccc(CN5CCOCC5)cc4[nH]3)n2)c1. The number of halogens is 1. The van der Waals surface area contributed by atoms with Crippen LogP contribution < -0.4 is 5.32 Å². The Bertz CT molecular complexity index is 1470. The van der Waals surface area contributed by atoms with Crippen molar-refractivity contribution in [2.45, 2.75) is 6.54 Å². The molecule has 5 aromatic rings. The zero-order valence-electron chi connectivity index (χ0n) is 18.8. The number of fused-ring (bicyclic) bond motifs is 1. The Morgan fingerprint density at radius 1 is 1.06 bits per heavy atom. The van der Waals surface area contributed by atoms with Crippen molar-refractivity contribution in [3.8, 4) is 22.9 Å². The Labute approximate surface area is 206 Å². The molecule has 0 radical (unpaired) electrons. The van der Waals surface area contributed by atoms with E-state index in [4.69, 9.17) is 21.3 Å². The lowest BCUT2D eigenvalue weighted by Gasteiger charge is -2.26. The van der Waals surface area contributed by atoms with Gasteiger partial charge in [0.15, 0.2) is 11.6 Å². The maximum atomic E-state index is 6.13. The number of anilines is 2. The Morgan fingerprint density at radius 3 is 2.86 bits per heavy atom. The van der Waals surface area contributed by atoms with E-state index < -0.39 is 0 Å². The van der Waals surface area contributed by atoms with E-state index in [0.29, 0.717) is 22.5 Å². The van der Waals surface area contributed by atoms with Crippen LogP contribution in [0.2, 0.25) is 5.02 Å². The number of imidazole rings is 1. The molecular formula is C25H23ClN8O. The molecule has 35 heavy (non-hydrogen) atoms. The normalized spacial score (nSPS) is 14.4. The molecule has 1 fully saturated rings. The fourth-order valence-corrected chi connectivity index (χ4v) is 4.38. The summed E-state index contributed by atoms with van der Waals surface area (Å²) in [4.78, 5) is 19.6. The maximum absolute atomic E-state index is 6.13. The van der Waals surface area contributed by atoms with E-state index in [9.17, 15) is 0 Å². The van der Waals surface area contributed by atoms with E-state index in [1.54, 1.807) is 18.5 Å². The minimum absolute atomic E-state index is 0.582. The predicted octanol–water partition coefficient (Wildman–Crippen LogP) is 4.64. The molecule has 10 heteroatoms. The fourth-order valence-electron chi connectivity index (χ4n) is 4.19. The molecule has 0 unspecified atom stereocenters. The lowest BCUT2D eigenvalue weighted by Crippen LogP contribution is -2.35. The van der Waals surface area contributed by atoms with Crippen molar-refractivity contribution in [2.24, 2.45) is 0 Å². The van der Waals surface area contributed by atoms with Gasteiger partial charge in [0, 0.05) is 36.4 Å². The molecule has 9 nitrogen and oxygen atoms in total. The number of aromatic nitrogens is 6. The molecule has 3 aromatic heterocycles. The van der Waals surface area contributed by atoms with Gasteiger partial charge in [0.1, 0.15) is 11.5 Å². The van der Waals surface area contributed by atoms with Crippen LogP contribution in [0.25, 0.3) is 33.9 Å². The van der Waals surface area contributed by atoms with Crippen LogP contribution in [0.4, 0.5) is 11.5 Å². The Balaban J connectivity index is 1.24. The van der Waals surface area contributed by atoms with Crippen molar-refractivity contribution in [1.29, 1.82) is 0 Å². The molecular weight excluding hydrogens is 464 g/mol. The van der Waals surface area contributed by atoms with Gasteiger partial charge < -0.3 is 15.0 Å². The van der Waals surface area contributed by atoms with Crippen molar-refractivity contribution >= 4 is 34.1 Å². The van der Waals surface area contributed by atoms with Crippen molar-refractivity contribution in [3.63, 3.8) is 0 Å². The lowest BCUT2D eigenvalue weighted by atomic mass is 10.2. The van der Waals surface area contributed by atoms with Crippen molar-refractivity contribution in [3.05, 3.63) is 71.5 Å². The number of hydrogen-bond donors (Lipinski definition) is 3. The first-order valence-electron chi connectivity index (χ1n) is 11.4. The van der Waals surface area contributed by atoms with Crippen LogP contribution in [-0.4, -0.2) is 61.3 Å². The second-order valence-corrected chi connectivity index (χ2v) is 8.82. The Hall–Kier alpha value is -3.79. The largest absolute Gasteiger partial charge is 0.379 e. The molecule has 176 valence electrons. The molecule has 4 heterocycles.